The molecule has 1 N–H and O–H groups in total. The lowest BCUT2D eigenvalue weighted by Crippen LogP contribution is -2.36. The molecule has 6 nitrogen and oxygen atoms in total. The van der Waals surface area contributed by atoms with Crippen LogP contribution in [0.4, 0.5) is 5.69 Å². The van der Waals surface area contributed by atoms with Gasteiger partial charge in [0.05, 0.1) is 41.9 Å². The Morgan fingerprint density at radius 3 is 2.47 bits per heavy atom. The van der Waals surface area contributed by atoms with Crippen molar-refractivity contribution in [2.24, 2.45) is 0 Å². The van der Waals surface area contributed by atoms with Gasteiger partial charge in [0.25, 0.3) is 0 Å². The first-order valence-corrected chi connectivity index (χ1v) is 12.3. The molecule has 0 amide bonds. The van der Waals surface area contributed by atoms with Gasteiger partial charge >= 0.3 is 0 Å². The summed E-state index contributed by atoms with van der Waals surface area (Å²) in [6, 6.07) is 25.6. The van der Waals surface area contributed by atoms with Gasteiger partial charge in [-0.25, -0.2) is 0 Å². The van der Waals surface area contributed by atoms with Crippen molar-refractivity contribution in [3.8, 4) is 28.5 Å². The molecule has 3 heterocycles. The Bertz CT molecular complexity index is 1600. The van der Waals surface area contributed by atoms with E-state index in [1.807, 2.05) is 44.3 Å². The van der Waals surface area contributed by atoms with Gasteiger partial charge in [-0.1, -0.05) is 42.5 Å². The molecule has 0 unspecified atom stereocenters. The fourth-order valence-electron chi connectivity index (χ4n) is 4.91. The van der Waals surface area contributed by atoms with Crippen LogP contribution in [0.2, 0.25) is 0 Å². The number of H-pyrrole nitrogens is 1. The van der Waals surface area contributed by atoms with E-state index in [9.17, 15) is 5.26 Å². The molecular formula is C30H27N5O. The number of pyridine rings is 1. The number of aromatic nitrogens is 3. The molecule has 1 saturated heterocycles. The largest absolute Gasteiger partial charge is 0.378 e. The maximum Gasteiger partial charge on any atom is 0.101 e. The summed E-state index contributed by atoms with van der Waals surface area (Å²) in [5.74, 6) is 0. The molecule has 0 saturated carbocycles. The lowest BCUT2D eigenvalue weighted by atomic mass is 9.86. The minimum Gasteiger partial charge on any atom is -0.378 e. The number of hydrogen-bond donors (Lipinski definition) is 1. The molecular weight excluding hydrogens is 446 g/mol. The van der Waals surface area contributed by atoms with Crippen molar-refractivity contribution in [2.45, 2.75) is 19.3 Å². The van der Waals surface area contributed by atoms with Crippen LogP contribution < -0.4 is 4.90 Å². The maximum absolute atomic E-state index is 9.49. The summed E-state index contributed by atoms with van der Waals surface area (Å²) < 4.78 is 5.52. The van der Waals surface area contributed by atoms with Gasteiger partial charge in [-0.15, -0.1) is 0 Å². The quantitative estimate of drug-likeness (QED) is 0.342. The smallest absolute Gasteiger partial charge is 0.101 e. The fourth-order valence-corrected chi connectivity index (χ4v) is 4.91. The number of morpholine rings is 1. The average Bonchev–Trinajstić information content (AvgIpc) is 3.38. The zero-order valence-corrected chi connectivity index (χ0v) is 20.5. The van der Waals surface area contributed by atoms with E-state index in [2.05, 4.69) is 68.6 Å². The first kappa shape index (κ1) is 22.3. The Labute approximate surface area is 210 Å². The minimum atomic E-state index is -0.534. The van der Waals surface area contributed by atoms with E-state index in [4.69, 9.17) is 4.74 Å². The third kappa shape index (κ3) is 3.88. The van der Waals surface area contributed by atoms with Gasteiger partial charge in [0, 0.05) is 35.1 Å². The van der Waals surface area contributed by atoms with Gasteiger partial charge in [0.1, 0.15) is 5.69 Å². The molecule has 0 radical (unpaired) electrons. The number of hydrogen-bond acceptors (Lipinski definition) is 5. The number of benzene rings is 3. The predicted octanol–water partition coefficient (Wildman–Crippen LogP) is 6.08. The van der Waals surface area contributed by atoms with E-state index in [1.54, 1.807) is 0 Å². The van der Waals surface area contributed by atoms with Gasteiger partial charge < -0.3 is 9.64 Å². The third-order valence-corrected chi connectivity index (χ3v) is 7.11. The van der Waals surface area contributed by atoms with Gasteiger partial charge in [0.2, 0.25) is 0 Å². The van der Waals surface area contributed by atoms with Crippen molar-refractivity contribution in [3.63, 3.8) is 0 Å². The number of fused-ring (bicyclic) bond motifs is 3. The molecule has 6 heteroatoms. The molecule has 1 fully saturated rings. The summed E-state index contributed by atoms with van der Waals surface area (Å²) in [5, 5.41) is 19.4. The zero-order chi connectivity index (χ0) is 24.7. The van der Waals surface area contributed by atoms with Crippen LogP contribution in [0.1, 0.15) is 19.4 Å². The molecule has 6 rings (SSSR count). The molecule has 0 bridgehead atoms. The van der Waals surface area contributed by atoms with E-state index < -0.39 is 5.41 Å². The summed E-state index contributed by atoms with van der Waals surface area (Å²) in [4.78, 5) is 7.04. The van der Waals surface area contributed by atoms with E-state index >= 15 is 0 Å². The number of rotatable bonds is 4. The summed E-state index contributed by atoms with van der Waals surface area (Å²) in [6.07, 6.45) is 1.85. The zero-order valence-electron chi connectivity index (χ0n) is 20.5. The Hall–Kier alpha value is -4.21. The normalized spacial score (nSPS) is 14.3. The second-order valence-electron chi connectivity index (χ2n) is 9.81. The van der Waals surface area contributed by atoms with E-state index in [0.717, 1.165) is 70.5 Å². The number of ether oxygens (including phenoxy) is 1. The monoisotopic (exact) mass is 473 g/mol. The minimum absolute atomic E-state index is 0.534. The van der Waals surface area contributed by atoms with Crippen LogP contribution in [-0.4, -0.2) is 41.5 Å². The Balaban J connectivity index is 1.45. The van der Waals surface area contributed by atoms with E-state index in [0.29, 0.717) is 0 Å². The Morgan fingerprint density at radius 1 is 0.944 bits per heavy atom. The lowest BCUT2D eigenvalue weighted by Gasteiger charge is -2.29. The van der Waals surface area contributed by atoms with Crippen LogP contribution >= 0.6 is 0 Å². The molecule has 1 aliphatic rings. The topological polar surface area (TPSA) is 77.8 Å². The second-order valence-corrected chi connectivity index (χ2v) is 9.81. The fraction of sp³-hybridized carbons (Fsp3) is 0.233. The Kier molecular flexibility index (Phi) is 5.43. The lowest BCUT2D eigenvalue weighted by molar-refractivity contribution is 0.122. The van der Waals surface area contributed by atoms with Crippen LogP contribution in [0, 0.1) is 11.3 Å². The number of aromatic amines is 1. The Morgan fingerprint density at radius 2 is 1.69 bits per heavy atom. The first-order valence-electron chi connectivity index (χ1n) is 12.3. The van der Waals surface area contributed by atoms with Crippen molar-refractivity contribution >= 4 is 27.5 Å². The molecule has 2 aromatic heterocycles. The molecule has 178 valence electrons. The van der Waals surface area contributed by atoms with Crippen LogP contribution in [-0.2, 0) is 10.2 Å². The van der Waals surface area contributed by atoms with Crippen molar-refractivity contribution in [2.75, 3.05) is 31.2 Å². The number of anilines is 1. The molecule has 36 heavy (non-hydrogen) atoms. The SMILES string of the molecule is CC(C)(C#N)c1ccc(-c2n[nH]c3cnc4ccc(-c5cccc(N6CCOCC6)c5)cc4c23)cc1. The molecule has 5 aromatic rings. The van der Waals surface area contributed by atoms with Crippen molar-refractivity contribution < 1.29 is 4.74 Å². The van der Waals surface area contributed by atoms with Crippen LogP contribution in [0.15, 0.2) is 72.9 Å². The van der Waals surface area contributed by atoms with Crippen molar-refractivity contribution in [3.05, 3.63) is 78.5 Å². The molecule has 0 aliphatic carbocycles. The average molecular weight is 474 g/mol. The van der Waals surface area contributed by atoms with Gasteiger partial charge in [0.15, 0.2) is 0 Å². The predicted molar refractivity (Wildman–Crippen MR) is 144 cm³/mol. The molecule has 3 aromatic carbocycles. The summed E-state index contributed by atoms with van der Waals surface area (Å²) >= 11 is 0. The van der Waals surface area contributed by atoms with Crippen LogP contribution in [0.5, 0.6) is 0 Å². The second kappa shape index (κ2) is 8.78. The molecule has 0 atom stereocenters. The van der Waals surface area contributed by atoms with Crippen molar-refractivity contribution in [1.29, 1.82) is 5.26 Å². The van der Waals surface area contributed by atoms with Gasteiger partial charge in [-0.05, 0) is 54.8 Å². The summed E-state index contributed by atoms with van der Waals surface area (Å²) in [7, 11) is 0. The summed E-state index contributed by atoms with van der Waals surface area (Å²) in [5.41, 5.74) is 7.71. The molecule has 1 aliphatic heterocycles. The standard InChI is InChI=1S/C30H27N5O/c1-30(2,19-31)23-9-6-20(7-10-23)29-28-25-17-22(8-11-26(25)32-18-27(28)33-34-29)21-4-3-5-24(16-21)35-12-14-36-15-13-35/h3-11,16-18H,12-15H2,1-2H3,(H,33,34). The van der Waals surface area contributed by atoms with Crippen LogP contribution in [0.3, 0.4) is 0 Å². The van der Waals surface area contributed by atoms with Crippen LogP contribution in [0.25, 0.3) is 44.2 Å². The van der Waals surface area contributed by atoms with E-state index in [1.165, 1.54) is 11.3 Å². The molecule has 0 spiro atoms. The highest BCUT2D eigenvalue weighted by molar-refractivity contribution is 6.11. The highest BCUT2D eigenvalue weighted by Crippen LogP contribution is 2.35. The van der Waals surface area contributed by atoms with E-state index in [-0.39, 0.29) is 0 Å². The highest BCUT2D eigenvalue weighted by Gasteiger charge is 2.20. The van der Waals surface area contributed by atoms with Gasteiger partial charge in [-0.2, -0.15) is 10.4 Å². The number of nitrogens with zero attached hydrogens (tertiary/aromatic N) is 4. The van der Waals surface area contributed by atoms with Gasteiger partial charge in [-0.3, -0.25) is 10.1 Å². The summed E-state index contributed by atoms with van der Waals surface area (Å²) in [6.45, 7) is 7.22. The first-order chi connectivity index (χ1) is 17.5. The number of nitriles is 1. The maximum atomic E-state index is 9.49. The van der Waals surface area contributed by atoms with Crippen molar-refractivity contribution in [1.82, 2.24) is 15.2 Å². The third-order valence-electron chi connectivity index (χ3n) is 7.11. The highest BCUT2D eigenvalue weighted by atomic mass is 16.5. The number of nitrogens with one attached hydrogen (secondary N) is 1.